The Balaban J connectivity index is 3.93. The van der Waals surface area contributed by atoms with Crippen LogP contribution < -0.4 is 11.1 Å². The van der Waals surface area contributed by atoms with E-state index >= 15 is 0 Å². The van der Waals surface area contributed by atoms with Gasteiger partial charge in [0.2, 0.25) is 5.91 Å². The number of hydrogen-bond acceptors (Lipinski definition) is 4. The molecular weight excluding hydrogens is 244 g/mol. The molecule has 0 aromatic carbocycles. The van der Waals surface area contributed by atoms with E-state index in [4.69, 9.17) is 15.2 Å². The van der Waals surface area contributed by atoms with Gasteiger partial charge in [0.1, 0.15) is 6.61 Å². The number of nitrogens with two attached hydrogens (primary N) is 1. The Morgan fingerprint density at radius 1 is 1.11 bits per heavy atom. The maximum absolute atomic E-state index is 11.3. The van der Waals surface area contributed by atoms with Crippen LogP contribution in [0.25, 0.3) is 0 Å². The summed E-state index contributed by atoms with van der Waals surface area (Å²) in [5, 5.41) is 2.71. The summed E-state index contributed by atoms with van der Waals surface area (Å²) >= 11 is 0. The zero-order valence-corrected chi connectivity index (χ0v) is 13.0. The van der Waals surface area contributed by atoms with E-state index in [0.29, 0.717) is 19.7 Å². The SMILES string of the molecule is CCNC(=O)COC(C)(C)CCOC(C)(C)CCN. The van der Waals surface area contributed by atoms with Gasteiger partial charge in [-0.05, 0) is 54.0 Å². The van der Waals surface area contributed by atoms with Crippen molar-refractivity contribution in [3.63, 3.8) is 0 Å². The molecule has 3 N–H and O–H groups in total. The molecule has 0 aliphatic carbocycles. The molecule has 0 aromatic rings. The highest BCUT2D eigenvalue weighted by Gasteiger charge is 2.23. The Kier molecular flexibility index (Phi) is 8.22. The van der Waals surface area contributed by atoms with Gasteiger partial charge in [-0.2, -0.15) is 0 Å². The molecule has 0 atom stereocenters. The molecule has 0 heterocycles. The zero-order chi connectivity index (χ0) is 14.9. The summed E-state index contributed by atoms with van der Waals surface area (Å²) in [6.07, 6.45) is 1.56. The fraction of sp³-hybridized carbons (Fsp3) is 0.929. The number of ether oxygens (including phenoxy) is 2. The van der Waals surface area contributed by atoms with Gasteiger partial charge < -0.3 is 20.5 Å². The highest BCUT2D eigenvalue weighted by Crippen LogP contribution is 2.18. The molecule has 0 radical (unpaired) electrons. The van der Waals surface area contributed by atoms with Crippen LogP contribution in [0.2, 0.25) is 0 Å². The molecule has 0 spiro atoms. The third-order valence-electron chi connectivity index (χ3n) is 2.91. The van der Waals surface area contributed by atoms with Crippen LogP contribution in [0.4, 0.5) is 0 Å². The van der Waals surface area contributed by atoms with Gasteiger partial charge in [0.05, 0.1) is 17.8 Å². The van der Waals surface area contributed by atoms with Crippen molar-refractivity contribution in [3.05, 3.63) is 0 Å². The van der Waals surface area contributed by atoms with Gasteiger partial charge in [-0.3, -0.25) is 4.79 Å². The molecule has 5 nitrogen and oxygen atoms in total. The first-order valence-electron chi connectivity index (χ1n) is 6.97. The largest absolute Gasteiger partial charge is 0.375 e. The van der Waals surface area contributed by atoms with Gasteiger partial charge >= 0.3 is 0 Å². The van der Waals surface area contributed by atoms with Crippen molar-refractivity contribution in [2.75, 3.05) is 26.3 Å². The third kappa shape index (κ3) is 9.87. The van der Waals surface area contributed by atoms with E-state index in [1.807, 2.05) is 34.6 Å². The predicted octanol–water partition coefficient (Wildman–Crippen LogP) is 1.45. The minimum absolute atomic E-state index is 0.0834. The summed E-state index contributed by atoms with van der Waals surface area (Å²) in [6.45, 7) is 11.8. The maximum Gasteiger partial charge on any atom is 0.246 e. The van der Waals surface area contributed by atoms with Crippen LogP contribution in [-0.2, 0) is 14.3 Å². The number of hydrogen-bond donors (Lipinski definition) is 2. The van der Waals surface area contributed by atoms with Crippen molar-refractivity contribution in [1.29, 1.82) is 0 Å². The summed E-state index contributed by atoms with van der Waals surface area (Å²) in [5.41, 5.74) is 4.96. The molecule has 0 saturated heterocycles. The average Bonchev–Trinajstić information content (AvgIpc) is 2.26. The minimum Gasteiger partial charge on any atom is -0.375 e. The van der Waals surface area contributed by atoms with E-state index in [9.17, 15) is 4.79 Å². The molecule has 19 heavy (non-hydrogen) atoms. The molecule has 5 heteroatoms. The van der Waals surface area contributed by atoms with Crippen molar-refractivity contribution < 1.29 is 14.3 Å². The van der Waals surface area contributed by atoms with Crippen LogP contribution in [-0.4, -0.2) is 43.4 Å². The van der Waals surface area contributed by atoms with E-state index in [0.717, 1.165) is 12.8 Å². The van der Waals surface area contributed by atoms with E-state index in [2.05, 4.69) is 5.32 Å². The summed E-state index contributed by atoms with van der Waals surface area (Å²) < 4.78 is 11.4. The number of nitrogens with one attached hydrogen (secondary N) is 1. The Bertz CT molecular complexity index is 265. The second kappa shape index (κ2) is 8.51. The van der Waals surface area contributed by atoms with Crippen molar-refractivity contribution in [3.8, 4) is 0 Å². The topological polar surface area (TPSA) is 73.6 Å². The van der Waals surface area contributed by atoms with E-state index < -0.39 is 0 Å². The lowest BCUT2D eigenvalue weighted by molar-refractivity contribution is -0.133. The van der Waals surface area contributed by atoms with Gasteiger partial charge in [-0.15, -0.1) is 0 Å². The molecule has 0 bridgehead atoms. The van der Waals surface area contributed by atoms with Crippen LogP contribution in [0.3, 0.4) is 0 Å². The van der Waals surface area contributed by atoms with Crippen molar-refractivity contribution in [2.24, 2.45) is 5.73 Å². The van der Waals surface area contributed by atoms with Gasteiger partial charge in [-0.25, -0.2) is 0 Å². The molecular formula is C14H30N2O3. The van der Waals surface area contributed by atoms with E-state index in [-0.39, 0.29) is 23.7 Å². The van der Waals surface area contributed by atoms with Crippen molar-refractivity contribution in [1.82, 2.24) is 5.32 Å². The summed E-state index contributed by atoms with van der Waals surface area (Å²) in [5.74, 6) is -0.0834. The van der Waals surface area contributed by atoms with Gasteiger partial charge in [0.15, 0.2) is 0 Å². The van der Waals surface area contributed by atoms with Crippen LogP contribution in [0.1, 0.15) is 47.5 Å². The number of likely N-dealkylation sites (N-methyl/N-ethyl adjacent to an activating group) is 1. The summed E-state index contributed by atoms with van der Waals surface area (Å²) in [7, 11) is 0. The third-order valence-corrected chi connectivity index (χ3v) is 2.91. The molecule has 114 valence electrons. The van der Waals surface area contributed by atoms with Crippen molar-refractivity contribution >= 4 is 5.91 Å². The van der Waals surface area contributed by atoms with Gasteiger partial charge in [0, 0.05) is 6.54 Å². The molecule has 0 aromatic heterocycles. The second-order valence-electron chi connectivity index (χ2n) is 5.90. The lowest BCUT2D eigenvalue weighted by atomic mass is 10.0. The highest BCUT2D eigenvalue weighted by molar-refractivity contribution is 5.77. The van der Waals surface area contributed by atoms with E-state index in [1.165, 1.54) is 0 Å². The standard InChI is InChI=1S/C14H30N2O3/c1-6-16-12(17)11-19-14(4,5)8-10-18-13(2,3)7-9-15/h6-11,15H2,1-5H3,(H,16,17). The Morgan fingerprint density at radius 2 is 1.68 bits per heavy atom. The minimum atomic E-state index is -0.371. The Labute approximate surface area is 117 Å². The highest BCUT2D eigenvalue weighted by atomic mass is 16.5. The van der Waals surface area contributed by atoms with Crippen LogP contribution in [0.5, 0.6) is 0 Å². The number of carbonyl (C=O) groups is 1. The maximum atomic E-state index is 11.3. The number of carbonyl (C=O) groups excluding carboxylic acids is 1. The molecule has 0 aliphatic heterocycles. The number of rotatable bonds is 10. The molecule has 0 rings (SSSR count). The monoisotopic (exact) mass is 274 g/mol. The lowest BCUT2D eigenvalue weighted by Gasteiger charge is -2.29. The quantitative estimate of drug-likeness (QED) is 0.632. The first-order chi connectivity index (χ1) is 8.72. The second-order valence-corrected chi connectivity index (χ2v) is 5.90. The summed E-state index contributed by atoms with van der Waals surface area (Å²) in [4.78, 5) is 11.3. The number of amides is 1. The smallest absolute Gasteiger partial charge is 0.246 e. The van der Waals surface area contributed by atoms with Crippen LogP contribution >= 0.6 is 0 Å². The van der Waals surface area contributed by atoms with Crippen LogP contribution in [0.15, 0.2) is 0 Å². The average molecular weight is 274 g/mol. The fourth-order valence-electron chi connectivity index (χ4n) is 1.57. The lowest BCUT2D eigenvalue weighted by Crippen LogP contribution is -2.35. The van der Waals surface area contributed by atoms with E-state index in [1.54, 1.807) is 0 Å². The zero-order valence-electron chi connectivity index (χ0n) is 13.0. The van der Waals surface area contributed by atoms with Crippen molar-refractivity contribution in [2.45, 2.75) is 58.7 Å². The first-order valence-corrected chi connectivity index (χ1v) is 6.97. The molecule has 0 saturated carbocycles. The Hall–Kier alpha value is -0.650. The van der Waals surface area contributed by atoms with Crippen LogP contribution in [0, 0.1) is 0 Å². The summed E-state index contributed by atoms with van der Waals surface area (Å²) in [6, 6.07) is 0. The first kappa shape index (κ1) is 18.4. The molecule has 0 fully saturated rings. The predicted molar refractivity (Wildman–Crippen MR) is 77.0 cm³/mol. The fourth-order valence-corrected chi connectivity index (χ4v) is 1.57. The normalized spacial score (nSPS) is 12.5. The Morgan fingerprint density at radius 3 is 2.21 bits per heavy atom. The molecule has 0 unspecified atom stereocenters. The molecule has 0 aliphatic rings. The molecule has 1 amide bonds. The van der Waals surface area contributed by atoms with Gasteiger partial charge in [0.25, 0.3) is 0 Å². The van der Waals surface area contributed by atoms with Gasteiger partial charge in [-0.1, -0.05) is 0 Å².